The minimum atomic E-state index is -0.515. The normalized spacial score (nSPS) is 9.88. The molecular formula is C16H15N3O5. The first-order chi connectivity index (χ1) is 11.5. The zero-order chi connectivity index (χ0) is 17.5. The van der Waals surface area contributed by atoms with E-state index in [2.05, 4.69) is 10.6 Å². The maximum atomic E-state index is 11.8. The van der Waals surface area contributed by atoms with Crippen molar-refractivity contribution in [1.82, 2.24) is 5.32 Å². The van der Waals surface area contributed by atoms with E-state index in [9.17, 15) is 19.7 Å². The first kappa shape index (κ1) is 16.9. The maximum absolute atomic E-state index is 11.8. The van der Waals surface area contributed by atoms with Crippen LogP contribution >= 0.6 is 0 Å². The van der Waals surface area contributed by atoms with Gasteiger partial charge in [-0.1, -0.05) is 0 Å². The van der Waals surface area contributed by atoms with E-state index in [1.165, 1.54) is 31.3 Å². The summed E-state index contributed by atoms with van der Waals surface area (Å²) in [7, 11) is 1.54. The summed E-state index contributed by atoms with van der Waals surface area (Å²) in [4.78, 5) is 33.3. The van der Waals surface area contributed by atoms with Crippen LogP contribution in [-0.4, -0.2) is 30.4 Å². The van der Waals surface area contributed by atoms with Gasteiger partial charge in [0.1, 0.15) is 5.75 Å². The molecule has 0 spiro atoms. The molecule has 8 heteroatoms. The smallest absolute Gasteiger partial charge is 0.269 e. The molecule has 0 atom stereocenters. The molecule has 0 aliphatic rings. The van der Waals surface area contributed by atoms with Gasteiger partial charge in [0.2, 0.25) is 0 Å². The molecule has 2 aromatic carbocycles. The van der Waals surface area contributed by atoms with Gasteiger partial charge < -0.3 is 15.4 Å². The Morgan fingerprint density at radius 2 is 1.71 bits per heavy atom. The standard InChI is InChI=1S/C16H15N3O5/c1-17-16(21)11-2-4-12(5-3-11)18-15(20)10-24-14-8-6-13(7-9-14)19(22)23/h2-9H,10H2,1H3,(H,17,21)(H,18,20). The van der Waals surface area contributed by atoms with Gasteiger partial charge in [0, 0.05) is 30.4 Å². The molecule has 2 N–H and O–H groups in total. The minimum absolute atomic E-state index is 0.0528. The van der Waals surface area contributed by atoms with E-state index in [0.717, 1.165) is 0 Å². The fraction of sp³-hybridized carbons (Fsp3) is 0.125. The average molecular weight is 329 g/mol. The second kappa shape index (κ2) is 7.73. The number of hydrogen-bond acceptors (Lipinski definition) is 5. The summed E-state index contributed by atoms with van der Waals surface area (Å²) in [5, 5.41) is 15.7. The van der Waals surface area contributed by atoms with Crippen LogP contribution < -0.4 is 15.4 Å². The first-order valence-corrected chi connectivity index (χ1v) is 6.99. The van der Waals surface area contributed by atoms with Crippen molar-refractivity contribution in [3.63, 3.8) is 0 Å². The van der Waals surface area contributed by atoms with Crippen LogP contribution in [0.4, 0.5) is 11.4 Å². The molecule has 0 heterocycles. The van der Waals surface area contributed by atoms with Crippen molar-refractivity contribution in [2.24, 2.45) is 0 Å². The Morgan fingerprint density at radius 1 is 1.08 bits per heavy atom. The number of anilines is 1. The number of carbonyl (C=O) groups excluding carboxylic acids is 2. The van der Waals surface area contributed by atoms with Crippen LogP contribution in [0.25, 0.3) is 0 Å². The number of ether oxygens (including phenoxy) is 1. The SMILES string of the molecule is CNC(=O)c1ccc(NC(=O)COc2ccc([N+](=O)[O-])cc2)cc1. The number of carbonyl (C=O) groups is 2. The molecule has 24 heavy (non-hydrogen) atoms. The largest absolute Gasteiger partial charge is 0.484 e. The highest BCUT2D eigenvalue weighted by atomic mass is 16.6. The number of hydrogen-bond donors (Lipinski definition) is 2. The lowest BCUT2D eigenvalue weighted by Gasteiger charge is -2.08. The molecule has 2 amide bonds. The Balaban J connectivity index is 1.86. The van der Waals surface area contributed by atoms with Gasteiger partial charge in [-0.25, -0.2) is 0 Å². The highest BCUT2D eigenvalue weighted by molar-refractivity contribution is 5.95. The highest BCUT2D eigenvalue weighted by Crippen LogP contribution is 2.17. The van der Waals surface area contributed by atoms with Gasteiger partial charge in [-0.05, 0) is 36.4 Å². The van der Waals surface area contributed by atoms with Crippen molar-refractivity contribution in [2.45, 2.75) is 0 Å². The van der Waals surface area contributed by atoms with Gasteiger partial charge in [-0.3, -0.25) is 19.7 Å². The van der Waals surface area contributed by atoms with Crippen molar-refractivity contribution >= 4 is 23.2 Å². The van der Waals surface area contributed by atoms with Crippen molar-refractivity contribution in [3.05, 3.63) is 64.2 Å². The molecule has 0 unspecified atom stereocenters. The zero-order valence-corrected chi connectivity index (χ0v) is 12.8. The van der Waals surface area contributed by atoms with E-state index in [1.807, 2.05) is 0 Å². The molecule has 0 fully saturated rings. The molecule has 2 aromatic rings. The van der Waals surface area contributed by atoms with Crippen LogP contribution in [-0.2, 0) is 4.79 Å². The first-order valence-electron chi connectivity index (χ1n) is 6.99. The summed E-state index contributed by atoms with van der Waals surface area (Å²) in [6.45, 7) is -0.241. The molecule has 8 nitrogen and oxygen atoms in total. The monoisotopic (exact) mass is 329 g/mol. The third-order valence-corrected chi connectivity index (χ3v) is 3.08. The van der Waals surface area contributed by atoms with E-state index >= 15 is 0 Å². The second-order valence-electron chi connectivity index (χ2n) is 4.74. The number of nitro groups is 1. The van der Waals surface area contributed by atoms with E-state index in [1.54, 1.807) is 24.3 Å². The number of non-ortho nitro benzene ring substituents is 1. The molecule has 2 rings (SSSR count). The molecule has 0 saturated carbocycles. The Hall–Kier alpha value is -3.42. The minimum Gasteiger partial charge on any atom is -0.484 e. The van der Waals surface area contributed by atoms with Crippen LogP contribution in [0.1, 0.15) is 10.4 Å². The zero-order valence-electron chi connectivity index (χ0n) is 12.8. The summed E-state index contributed by atoms with van der Waals surface area (Å²) in [6, 6.07) is 11.8. The second-order valence-corrected chi connectivity index (χ2v) is 4.74. The van der Waals surface area contributed by atoms with Crippen molar-refractivity contribution in [2.75, 3.05) is 19.0 Å². The number of rotatable bonds is 6. The summed E-state index contributed by atoms with van der Waals surface area (Å²) in [5.41, 5.74) is 0.959. The number of nitrogens with zero attached hydrogens (tertiary/aromatic N) is 1. The molecule has 124 valence electrons. The van der Waals surface area contributed by atoms with Crippen LogP contribution in [0.5, 0.6) is 5.75 Å². The van der Waals surface area contributed by atoms with E-state index in [-0.39, 0.29) is 24.1 Å². The lowest BCUT2D eigenvalue weighted by atomic mass is 10.2. The fourth-order valence-electron chi connectivity index (χ4n) is 1.86. The van der Waals surface area contributed by atoms with Crippen LogP contribution in [0.2, 0.25) is 0 Å². The molecule has 0 saturated heterocycles. The Bertz CT molecular complexity index is 741. The lowest BCUT2D eigenvalue weighted by molar-refractivity contribution is -0.384. The maximum Gasteiger partial charge on any atom is 0.269 e. The average Bonchev–Trinajstić information content (AvgIpc) is 2.60. The lowest BCUT2D eigenvalue weighted by Crippen LogP contribution is -2.20. The Kier molecular flexibility index (Phi) is 5.45. The van der Waals surface area contributed by atoms with Gasteiger partial charge in [0.15, 0.2) is 6.61 Å². The van der Waals surface area contributed by atoms with Gasteiger partial charge in [0.25, 0.3) is 17.5 Å². The van der Waals surface area contributed by atoms with Gasteiger partial charge in [-0.15, -0.1) is 0 Å². The van der Waals surface area contributed by atoms with Gasteiger partial charge in [-0.2, -0.15) is 0 Å². The molecular weight excluding hydrogens is 314 g/mol. The van der Waals surface area contributed by atoms with E-state index < -0.39 is 4.92 Å². The molecule has 0 aliphatic carbocycles. The van der Waals surface area contributed by atoms with Crippen LogP contribution in [0, 0.1) is 10.1 Å². The summed E-state index contributed by atoms with van der Waals surface area (Å²) < 4.78 is 5.26. The van der Waals surface area contributed by atoms with E-state index in [0.29, 0.717) is 17.0 Å². The molecule has 0 bridgehead atoms. The van der Waals surface area contributed by atoms with Crippen molar-refractivity contribution in [3.8, 4) is 5.75 Å². The predicted molar refractivity (Wildman–Crippen MR) is 87.1 cm³/mol. The fourth-order valence-corrected chi connectivity index (χ4v) is 1.86. The number of amides is 2. The number of nitrogens with one attached hydrogen (secondary N) is 2. The Labute approximate surface area is 137 Å². The third kappa shape index (κ3) is 4.54. The topological polar surface area (TPSA) is 111 Å². The van der Waals surface area contributed by atoms with E-state index in [4.69, 9.17) is 4.74 Å². The van der Waals surface area contributed by atoms with Crippen molar-refractivity contribution < 1.29 is 19.2 Å². The number of nitro benzene ring substituents is 1. The Morgan fingerprint density at radius 3 is 2.25 bits per heavy atom. The summed E-state index contributed by atoms with van der Waals surface area (Å²) >= 11 is 0. The van der Waals surface area contributed by atoms with Crippen molar-refractivity contribution in [1.29, 1.82) is 0 Å². The quantitative estimate of drug-likeness (QED) is 0.622. The van der Waals surface area contributed by atoms with Crippen LogP contribution in [0.15, 0.2) is 48.5 Å². The highest BCUT2D eigenvalue weighted by Gasteiger charge is 2.08. The molecule has 0 aromatic heterocycles. The molecule has 0 aliphatic heterocycles. The number of benzene rings is 2. The van der Waals surface area contributed by atoms with Crippen LogP contribution in [0.3, 0.4) is 0 Å². The molecule has 0 radical (unpaired) electrons. The summed E-state index contributed by atoms with van der Waals surface area (Å²) in [5.74, 6) is -0.249. The third-order valence-electron chi connectivity index (χ3n) is 3.08. The van der Waals surface area contributed by atoms with Gasteiger partial charge >= 0.3 is 0 Å². The summed E-state index contributed by atoms with van der Waals surface area (Å²) in [6.07, 6.45) is 0. The predicted octanol–water partition coefficient (Wildman–Crippen LogP) is 1.97. The van der Waals surface area contributed by atoms with Gasteiger partial charge in [0.05, 0.1) is 4.92 Å².